The lowest BCUT2D eigenvalue weighted by Crippen LogP contribution is -1.93. The summed E-state index contributed by atoms with van der Waals surface area (Å²) < 4.78 is 10.5. The van der Waals surface area contributed by atoms with Crippen molar-refractivity contribution >= 4 is 11.8 Å². The van der Waals surface area contributed by atoms with Gasteiger partial charge < -0.3 is 14.6 Å². The van der Waals surface area contributed by atoms with Crippen LogP contribution in [0.2, 0.25) is 0 Å². The van der Waals surface area contributed by atoms with Crippen LogP contribution in [0.15, 0.2) is 12.1 Å². The normalized spacial score (nSPS) is 15.3. The van der Waals surface area contributed by atoms with Crippen LogP contribution in [-0.4, -0.2) is 17.7 Å². The largest absolute Gasteiger partial charge is 0.507 e. The third-order valence-electron chi connectivity index (χ3n) is 2.38. The van der Waals surface area contributed by atoms with Gasteiger partial charge in [-0.1, -0.05) is 6.92 Å². The molecular formula is C11H14O3S. The lowest BCUT2D eigenvalue weighted by molar-refractivity contribution is 0.174. The van der Waals surface area contributed by atoms with Gasteiger partial charge in [-0.2, -0.15) is 11.8 Å². The van der Waals surface area contributed by atoms with E-state index in [4.69, 9.17) is 9.47 Å². The zero-order valence-corrected chi connectivity index (χ0v) is 9.63. The first-order chi connectivity index (χ1) is 7.22. The molecule has 1 N–H and O–H groups in total. The monoisotopic (exact) mass is 226 g/mol. The van der Waals surface area contributed by atoms with E-state index >= 15 is 0 Å². The van der Waals surface area contributed by atoms with Crippen LogP contribution in [-0.2, 0) is 0 Å². The van der Waals surface area contributed by atoms with Gasteiger partial charge in [0.25, 0.3) is 0 Å². The number of hydrogen-bond donors (Lipinski definition) is 1. The number of aromatic hydroxyl groups is 1. The second kappa shape index (κ2) is 4.23. The Hall–Kier alpha value is -1.03. The molecule has 1 aromatic carbocycles. The van der Waals surface area contributed by atoms with Gasteiger partial charge in [-0.05, 0) is 18.7 Å². The Morgan fingerprint density at radius 1 is 1.40 bits per heavy atom. The van der Waals surface area contributed by atoms with Gasteiger partial charge in [0.15, 0.2) is 11.5 Å². The third-order valence-corrected chi connectivity index (χ3v) is 3.46. The first kappa shape index (κ1) is 10.5. The summed E-state index contributed by atoms with van der Waals surface area (Å²) in [6, 6.07) is 3.50. The van der Waals surface area contributed by atoms with Crippen LogP contribution in [0.5, 0.6) is 17.2 Å². The standard InChI is InChI=1S/C11H14O3S/c1-3-15-7(2)8-4-10-11(5-9(8)12)14-6-13-10/h4-5,7,12H,3,6H2,1-2H3. The highest BCUT2D eigenvalue weighted by Gasteiger charge is 2.19. The lowest BCUT2D eigenvalue weighted by atomic mass is 10.1. The molecule has 0 bridgehead atoms. The van der Waals surface area contributed by atoms with Crippen molar-refractivity contribution in [3.63, 3.8) is 0 Å². The zero-order chi connectivity index (χ0) is 10.8. The van der Waals surface area contributed by atoms with Crippen molar-refractivity contribution in [3.05, 3.63) is 17.7 Å². The molecule has 4 heteroatoms. The maximum Gasteiger partial charge on any atom is 0.231 e. The fourth-order valence-electron chi connectivity index (χ4n) is 1.61. The van der Waals surface area contributed by atoms with Crippen LogP contribution in [0, 0.1) is 0 Å². The Kier molecular flexibility index (Phi) is 2.95. The predicted molar refractivity (Wildman–Crippen MR) is 60.8 cm³/mol. The summed E-state index contributed by atoms with van der Waals surface area (Å²) in [5.74, 6) is 2.67. The molecule has 3 nitrogen and oxygen atoms in total. The van der Waals surface area contributed by atoms with Crippen LogP contribution in [0.3, 0.4) is 0 Å². The van der Waals surface area contributed by atoms with Gasteiger partial charge in [0, 0.05) is 16.9 Å². The van der Waals surface area contributed by atoms with Crippen molar-refractivity contribution in [2.24, 2.45) is 0 Å². The van der Waals surface area contributed by atoms with E-state index in [2.05, 4.69) is 13.8 Å². The molecular weight excluding hydrogens is 212 g/mol. The number of phenolic OH excluding ortho intramolecular Hbond substituents is 1. The van der Waals surface area contributed by atoms with Crippen LogP contribution >= 0.6 is 11.8 Å². The van der Waals surface area contributed by atoms with E-state index in [9.17, 15) is 5.11 Å². The minimum Gasteiger partial charge on any atom is -0.507 e. The Morgan fingerprint density at radius 2 is 2.07 bits per heavy atom. The molecule has 0 spiro atoms. The van der Waals surface area contributed by atoms with E-state index in [1.54, 1.807) is 17.8 Å². The average molecular weight is 226 g/mol. The third kappa shape index (κ3) is 2.00. The molecule has 0 aliphatic carbocycles. The van der Waals surface area contributed by atoms with E-state index in [0.29, 0.717) is 5.75 Å². The SMILES string of the molecule is CCSC(C)c1cc2c(cc1O)OCO2. The highest BCUT2D eigenvalue weighted by Crippen LogP contribution is 2.42. The van der Waals surface area contributed by atoms with Crippen molar-refractivity contribution in [2.45, 2.75) is 19.1 Å². The Balaban J connectivity index is 2.31. The van der Waals surface area contributed by atoms with Crippen molar-refractivity contribution < 1.29 is 14.6 Å². The number of thioether (sulfide) groups is 1. The first-order valence-corrected chi connectivity index (χ1v) is 6.01. The molecule has 1 aliphatic heterocycles. The number of ether oxygens (including phenoxy) is 2. The minimum absolute atomic E-state index is 0.244. The van der Waals surface area contributed by atoms with Crippen LogP contribution < -0.4 is 9.47 Å². The summed E-state index contributed by atoms with van der Waals surface area (Å²) in [4.78, 5) is 0. The molecule has 0 amide bonds. The summed E-state index contributed by atoms with van der Waals surface area (Å²) in [6.45, 7) is 4.42. The van der Waals surface area contributed by atoms with Crippen LogP contribution in [0.4, 0.5) is 0 Å². The summed E-state index contributed by atoms with van der Waals surface area (Å²) in [6.07, 6.45) is 0. The minimum atomic E-state index is 0.244. The molecule has 0 aromatic heterocycles. The molecule has 1 atom stereocenters. The average Bonchev–Trinajstić information content (AvgIpc) is 2.63. The lowest BCUT2D eigenvalue weighted by Gasteiger charge is -2.12. The highest BCUT2D eigenvalue weighted by atomic mass is 32.2. The van der Waals surface area contributed by atoms with Gasteiger partial charge in [-0.25, -0.2) is 0 Å². The number of phenols is 1. The van der Waals surface area contributed by atoms with E-state index in [0.717, 1.165) is 17.1 Å². The number of rotatable bonds is 3. The maximum atomic E-state index is 9.82. The Labute approximate surface area is 93.4 Å². The first-order valence-electron chi connectivity index (χ1n) is 4.96. The molecule has 1 unspecified atom stereocenters. The molecule has 2 rings (SSSR count). The molecule has 1 aromatic rings. The quantitative estimate of drug-likeness (QED) is 0.860. The molecule has 82 valence electrons. The predicted octanol–water partition coefficient (Wildman–Crippen LogP) is 2.94. The van der Waals surface area contributed by atoms with E-state index in [1.165, 1.54) is 0 Å². The second-order valence-corrected chi connectivity index (χ2v) is 4.98. The summed E-state index contributed by atoms with van der Waals surface area (Å²) in [5.41, 5.74) is 0.908. The molecule has 1 aliphatic rings. The van der Waals surface area contributed by atoms with Gasteiger partial charge in [-0.15, -0.1) is 0 Å². The van der Waals surface area contributed by atoms with Gasteiger partial charge in [0.2, 0.25) is 6.79 Å². The summed E-state index contributed by atoms with van der Waals surface area (Å²) in [5, 5.41) is 10.1. The van der Waals surface area contributed by atoms with Crippen molar-refractivity contribution in [1.82, 2.24) is 0 Å². The molecule has 0 saturated carbocycles. The van der Waals surface area contributed by atoms with Gasteiger partial charge in [0.1, 0.15) is 5.75 Å². The van der Waals surface area contributed by atoms with Crippen molar-refractivity contribution in [2.75, 3.05) is 12.5 Å². The summed E-state index contributed by atoms with van der Waals surface area (Å²) in [7, 11) is 0. The molecule has 15 heavy (non-hydrogen) atoms. The fraction of sp³-hybridized carbons (Fsp3) is 0.455. The van der Waals surface area contributed by atoms with Gasteiger partial charge >= 0.3 is 0 Å². The van der Waals surface area contributed by atoms with Crippen LogP contribution in [0.25, 0.3) is 0 Å². The Bertz CT molecular complexity index is 365. The highest BCUT2D eigenvalue weighted by molar-refractivity contribution is 7.99. The van der Waals surface area contributed by atoms with Crippen molar-refractivity contribution in [3.8, 4) is 17.2 Å². The van der Waals surface area contributed by atoms with Crippen LogP contribution in [0.1, 0.15) is 24.7 Å². The van der Waals surface area contributed by atoms with E-state index < -0.39 is 0 Å². The van der Waals surface area contributed by atoms with E-state index in [1.807, 2.05) is 6.07 Å². The van der Waals surface area contributed by atoms with Gasteiger partial charge in [0.05, 0.1) is 0 Å². The smallest absolute Gasteiger partial charge is 0.231 e. The molecule has 1 heterocycles. The molecule has 0 radical (unpaired) electrons. The maximum absolute atomic E-state index is 9.82. The summed E-state index contributed by atoms with van der Waals surface area (Å²) >= 11 is 1.79. The molecule has 0 fully saturated rings. The Morgan fingerprint density at radius 3 is 2.73 bits per heavy atom. The molecule has 0 saturated heterocycles. The number of fused-ring (bicyclic) bond motifs is 1. The van der Waals surface area contributed by atoms with Gasteiger partial charge in [-0.3, -0.25) is 0 Å². The second-order valence-electron chi connectivity index (χ2n) is 3.36. The fourth-order valence-corrected chi connectivity index (χ4v) is 2.48. The number of hydrogen-bond acceptors (Lipinski definition) is 4. The van der Waals surface area contributed by atoms with Crippen molar-refractivity contribution in [1.29, 1.82) is 0 Å². The van der Waals surface area contributed by atoms with E-state index in [-0.39, 0.29) is 17.8 Å². The number of benzene rings is 1. The zero-order valence-electron chi connectivity index (χ0n) is 8.82. The topological polar surface area (TPSA) is 38.7 Å².